The highest BCUT2D eigenvalue weighted by atomic mass is 16.2. The normalized spacial score (nSPS) is 26.1. The van der Waals surface area contributed by atoms with E-state index in [0.29, 0.717) is 32.6 Å². The van der Waals surface area contributed by atoms with Gasteiger partial charge in [-0.15, -0.1) is 0 Å². The lowest BCUT2D eigenvalue weighted by atomic mass is 9.80. The van der Waals surface area contributed by atoms with Crippen LogP contribution in [0.5, 0.6) is 0 Å². The second-order valence-corrected chi connectivity index (χ2v) is 16.6. The SMILES string of the molecule is CC(C)(C)C(CN1CCCNC1=O)NC(=O)NC(C(=O)N1CC2C(C1C(=O)NC(CC1CCC1)C(=O)C(N)=O)C2(C)C)C(C)(C)C. The summed E-state index contributed by atoms with van der Waals surface area (Å²) in [6.45, 7) is 17.5. The van der Waals surface area contributed by atoms with Crippen LogP contribution in [-0.2, 0) is 19.2 Å². The molecule has 0 aromatic carbocycles. The molecule has 0 aromatic heterocycles. The van der Waals surface area contributed by atoms with E-state index in [-0.39, 0.29) is 40.5 Å². The van der Waals surface area contributed by atoms with Gasteiger partial charge in [-0.3, -0.25) is 19.2 Å². The minimum atomic E-state index is -1.09. The number of carbonyl (C=O) groups is 6. The molecule has 6 N–H and O–H groups in total. The van der Waals surface area contributed by atoms with Crippen LogP contribution in [-0.4, -0.2) is 95.7 Å². The van der Waals surface area contributed by atoms with E-state index < -0.39 is 53.2 Å². The van der Waals surface area contributed by atoms with Crippen LogP contribution >= 0.6 is 0 Å². The zero-order valence-corrected chi connectivity index (χ0v) is 28.8. The molecule has 2 heterocycles. The minimum Gasteiger partial charge on any atom is -0.363 e. The number of piperidine rings is 1. The van der Waals surface area contributed by atoms with E-state index in [1.807, 2.05) is 41.5 Å². The number of nitrogens with zero attached hydrogens (tertiary/aromatic N) is 2. The molecule has 7 amide bonds. The molecule has 4 aliphatic rings. The van der Waals surface area contributed by atoms with Crippen molar-refractivity contribution in [2.24, 2.45) is 39.7 Å². The quantitative estimate of drug-likeness (QED) is 0.213. The topological polar surface area (TPSA) is 183 Å². The molecule has 2 aliphatic carbocycles. The molecule has 4 fully saturated rings. The molecule has 0 aromatic rings. The Hall–Kier alpha value is -3.38. The van der Waals surface area contributed by atoms with Gasteiger partial charge in [-0.1, -0.05) is 74.7 Å². The summed E-state index contributed by atoms with van der Waals surface area (Å²) < 4.78 is 0. The Morgan fingerprint density at radius 3 is 2.15 bits per heavy atom. The molecule has 46 heavy (non-hydrogen) atoms. The molecule has 6 unspecified atom stereocenters. The van der Waals surface area contributed by atoms with Crippen molar-refractivity contribution in [2.45, 2.75) is 112 Å². The lowest BCUT2D eigenvalue weighted by molar-refractivity contribution is -0.145. The van der Waals surface area contributed by atoms with Crippen molar-refractivity contribution in [1.29, 1.82) is 0 Å². The second kappa shape index (κ2) is 13.0. The first-order valence-corrected chi connectivity index (χ1v) is 16.8. The fraction of sp³-hybridized carbons (Fsp3) is 0.818. The Morgan fingerprint density at radius 2 is 1.63 bits per heavy atom. The highest BCUT2D eigenvalue weighted by Gasteiger charge is 2.70. The Bertz CT molecular complexity index is 1230. The van der Waals surface area contributed by atoms with Gasteiger partial charge < -0.3 is 36.8 Å². The third-order valence-corrected chi connectivity index (χ3v) is 10.7. The summed E-state index contributed by atoms with van der Waals surface area (Å²) >= 11 is 0. The van der Waals surface area contributed by atoms with Crippen LogP contribution in [0.25, 0.3) is 0 Å². The Labute approximate surface area is 272 Å². The van der Waals surface area contributed by atoms with E-state index in [0.717, 1.165) is 25.7 Å². The van der Waals surface area contributed by atoms with Crippen molar-refractivity contribution in [1.82, 2.24) is 31.1 Å². The van der Waals surface area contributed by atoms with Gasteiger partial charge in [-0.2, -0.15) is 0 Å². The number of hydrogen-bond donors (Lipinski definition) is 5. The van der Waals surface area contributed by atoms with Gasteiger partial charge in [0.1, 0.15) is 12.1 Å². The molecule has 13 heteroatoms. The van der Waals surface area contributed by atoms with Gasteiger partial charge in [0.15, 0.2) is 0 Å². The smallest absolute Gasteiger partial charge is 0.317 e. The van der Waals surface area contributed by atoms with Crippen LogP contribution in [0.2, 0.25) is 0 Å². The number of hydrogen-bond acceptors (Lipinski definition) is 6. The predicted molar refractivity (Wildman–Crippen MR) is 172 cm³/mol. The maximum atomic E-state index is 14.3. The summed E-state index contributed by atoms with van der Waals surface area (Å²) in [5.41, 5.74) is 4.05. The van der Waals surface area contributed by atoms with Gasteiger partial charge in [-0.05, 0) is 46.8 Å². The standard InChI is InChI=1S/C33H55N7O6/c1-31(2,3)21(17-39-14-10-13-35-30(39)46)37-29(45)38-25(32(4,5)6)28(44)40-16-19-22(33(19,7)8)23(40)27(43)36-20(24(41)26(34)42)15-18-11-9-12-18/h18-23,25H,9-17H2,1-8H3,(H2,34,42)(H,35,46)(H,36,43)(H2,37,38,45). The Balaban J connectivity index is 1.51. The number of ketones is 1. The number of urea groups is 2. The average Bonchev–Trinajstić information content (AvgIpc) is 3.24. The molecule has 0 spiro atoms. The number of nitrogens with one attached hydrogen (secondary N) is 4. The lowest BCUT2D eigenvalue weighted by Gasteiger charge is -2.40. The van der Waals surface area contributed by atoms with Crippen molar-refractivity contribution in [2.75, 3.05) is 26.2 Å². The third-order valence-electron chi connectivity index (χ3n) is 10.7. The summed E-state index contributed by atoms with van der Waals surface area (Å²) in [6, 6.07) is -3.97. The van der Waals surface area contributed by atoms with Gasteiger partial charge in [0, 0.05) is 26.2 Å². The Kier molecular flexibility index (Phi) is 10.0. The van der Waals surface area contributed by atoms with E-state index in [9.17, 15) is 28.8 Å². The Morgan fingerprint density at radius 1 is 0.978 bits per heavy atom. The molecule has 6 atom stereocenters. The number of Topliss-reactive ketones (excluding diaryl/α,β-unsaturated/α-hetero) is 1. The first-order chi connectivity index (χ1) is 21.2. The predicted octanol–water partition coefficient (Wildman–Crippen LogP) is 1.74. The summed E-state index contributed by atoms with van der Waals surface area (Å²) in [7, 11) is 0. The van der Waals surface area contributed by atoms with Crippen LogP contribution in [0.15, 0.2) is 0 Å². The molecule has 2 saturated heterocycles. The molecule has 0 bridgehead atoms. The molecule has 258 valence electrons. The van der Waals surface area contributed by atoms with Crippen molar-refractivity contribution >= 4 is 35.6 Å². The molecular weight excluding hydrogens is 590 g/mol. The number of fused-ring (bicyclic) bond motifs is 1. The van der Waals surface area contributed by atoms with E-state index in [1.165, 1.54) is 0 Å². The number of primary amides is 1. The summed E-state index contributed by atoms with van der Waals surface area (Å²) in [6.07, 6.45) is 4.04. The zero-order valence-electron chi connectivity index (χ0n) is 28.8. The van der Waals surface area contributed by atoms with E-state index >= 15 is 0 Å². The third kappa shape index (κ3) is 7.60. The lowest BCUT2D eigenvalue weighted by Crippen LogP contribution is -2.63. The van der Waals surface area contributed by atoms with Gasteiger partial charge in [0.25, 0.3) is 5.91 Å². The molecule has 2 saturated carbocycles. The van der Waals surface area contributed by atoms with Crippen molar-refractivity contribution < 1.29 is 28.8 Å². The fourth-order valence-corrected chi connectivity index (χ4v) is 7.29. The zero-order chi connectivity index (χ0) is 34.4. The highest BCUT2D eigenvalue weighted by Crippen LogP contribution is 2.65. The average molecular weight is 646 g/mol. The summed E-state index contributed by atoms with van der Waals surface area (Å²) in [4.78, 5) is 82.0. The van der Waals surface area contributed by atoms with Gasteiger partial charge in [0.2, 0.25) is 17.6 Å². The number of likely N-dealkylation sites (tertiary alicyclic amines) is 1. The molecule has 2 aliphatic heterocycles. The van der Waals surface area contributed by atoms with E-state index in [1.54, 1.807) is 9.80 Å². The molecular formula is C33H55N7O6. The number of carbonyl (C=O) groups excluding carboxylic acids is 6. The minimum absolute atomic E-state index is 0.0829. The molecule has 4 rings (SSSR count). The largest absolute Gasteiger partial charge is 0.363 e. The van der Waals surface area contributed by atoms with Crippen molar-refractivity contribution in [3.63, 3.8) is 0 Å². The van der Waals surface area contributed by atoms with Crippen LogP contribution in [0.3, 0.4) is 0 Å². The van der Waals surface area contributed by atoms with E-state index in [4.69, 9.17) is 5.73 Å². The van der Waals surface area contributed by atoms with Gasteiger partial charge in [0.05, 0.1) is 12.1 Å². The van der Waals surface area contributed by atoms with E-state index in [2.05, 4.69) is 35.1 Å². The first kappa shape index (κ1) is 35.5. The van der Waals surface area contributed by atoms with Crippen LogP contribution in [0.4, 0.5) is 9.59 Å². The maximum absolute atomic E-state index is 14.3. The maximum Gasteiger partial charge on any atom is 0.317 e. The molecule has 13 nitrogen and oxygen atoms in total. The van der Waals surface area contributed by atoms with Gasteiger partial charge in [-0.25, -0.2) is 9.59 Å². The highest BCUT2D eigenvalue weighted by molar-refractivity contribution is 6.37. The van der Waals surface area contributed by atoms with Crippen LogP contribution < -0.4 is 27.0 Å². The summed E-state index contributed by atoms with van der Waals surface area (Å²) in [5.74, 6) is -2.59. The van der Waals surface area contributed by atoms with Crippen molar-refractivity contribution in [3.05, 3.63) is 0 Å². The number of rotatable bonds is 11. The first-order valence-electron chi connectivity index (χ1n) is 16.8. The fourth-order valence-electron chi connectivity index (χ4n) is 7.29. The molecule has 0 radical (unpaired) electrons. The van der Waals surface area contributed by atoms with Crippen molar-refractivity contribution in [3.8, 4) is 0 Å². The van der Waals surface area contributed by atoms with Crippen LogP contribution in [0, 0.1) is 34.0 Å². The van der Waals surface area contributed by atoms with Gasteiger partial charge >= 0.3 is 12.1 Å². The van der Waals surface area contributed by atoms with Crippen LogP contribution in [0.1, 0.15) is 87.5 Å². The summed E-state index contributed by atoms with van der Waals surface area (Å²) in [5, 5.41) is 11.6. The number of nitrogens with two attached hydrogens (primary N) is 1. The second-order valence-electron chi connectivity index (χ2n) is 16.6. The monoisotopic (exact) mass is 645 g/mol. The number of amides is 7.